The molecular weight excluding hydrogens is 318 g/mol. The first kappa shape index (κ1) is 17.4. The number of amides is 1. The monoisotopic (exact) mass is 337 g/mol. The molecule has 2 aromatic rings. The van der Waals surface area contributed by atoms with Crippen LogP contribution in [-0.2, 0) is 9.53 Å². The summed E-state index contributed by atoms with van der Waals surface area (Å²) in [4.78, 5) is 14.1. The molecule has 3 rings (SSSR count). The van der Waals surface area contributed by atoms with E-state index in [1.165, 1.54) is 4.80 Å². The Bertz CT molecular complexity index is 624. The first-order chi connectivity index (χ1) is 10.7. The molecule has 7 nitrogen and oxygen atoms in total. The van der Waals surface area contributed by atoms with Gasteiger partial charge in [0.25, 0.3) is 0 Å². The molecule has 0 spiro atoms. The Morgan fingerprint density at radius 3 is 2.39 bits per heavy atom. The molecule has 0 saturated carbocycles. The lowest BCUT2D eigenvalue weighted by atomic mass is 9.79. The number of aromatic nitrogens is 3. The largest absolute Gasteiger partial charge is 0.381 e. The van der Waals surface area contributed by atoms with Gasteiger partial charge in [0.05, 0.1) is 23.5 Å². The van der Waals surface area contributed by atoms with Crippen molar-refractivity contribution in [2.75, 3.05) is 25.1 Å². The van der Waals surface area contributed by atoms with E-state index in [-0.39, 0.29) is 18.3 Å². The standard InChI is InChI=1S/C15H19N5O2.ClH/c16-11-15(5-9-22-10-6-15)14(21)19-12-1-3-13(4-2-12)20-17-7-8-18-20;/h1-4,7-8H,5-6,9-11,16H2,(H,19,21);1H. The fraction of sp³-hybridized carbons (Fsp3) is 0.400. The number of carbonyl (C=O) groups excluding carboxylic acids is 1. The van der Waals surface area contributed by atoms with Crippen LogP contribution in [0.2, 0.25) is 0 Å². The van der Waals surface area contributed by atoms with E-state index in [1.807, 2.05) is 24.3 Å². The Morgan fingerprint density at radius 2 is 1.83 bits per heavy atom. The summed E-state index contributed by atoms with van der Waals surface area (Å²) < 4.78 is 5.33. The second-order valence-electron chi connectivity index (χ2n) is 5.42. The molecule has 0 aliphatic carbocycles. The minimum Gasteiger partial charge on any atom is -0.381 e. The van der Waals surface area contributed by atoms with Crippen LogP contribution in [0.1, 0.15) is 12.8 Å². The average molecular weight is 338 g/mol. The maximum atomic E-state index is 12.6. The molecule has 0 unspecified atom stereocenters. The molecule has 1 fully saturated rings. The molecule has 1 aromatic carbocycles. The number of hydrogen-bond donors (Lipinski definition) is 2. The van der Waals surface area contributed by atoms with Crippen LogP contribution in [0.25, 0.3) is 5.69 Å². The van der Waals surface area contributed by atoms with E-state index >= 15 is 0 Å². The minimum atomic E-state index is -0.527. The third-order valence-corrected chi connectivity index (χ3v) is 4.10. The highest BCUT2D eigenvalue weighted by atomic mass is 35.5. The number of carbonyl (C=O) groups is 1. The fourth-order valence-electron chi connectivity index (χ4n) is 2.58. The van der Waals surface area contributed by atoms with Crippen molar-refractivity contribution in [3.05, 3.63) is 36.7 Å². The second-order valence-corrected chi connectivity index (χ2v) is 5.42. The van der Waals surface area contributed by atoms with E-state index in [0.29, 0.717) is 32.6 Å². The van der Waals surface area contributed by atoms with Gasteiger partial charge in [0.2, 0.25) is 5.91 Å². The average Bonchev–Trinajstić information content (AvgIpc) is 3.10. The maximum absolute atomic E-state index is 12.6. The molecule has 23 heavy (non-hydrogen) atoms. The van der Waals surface area contributed by atoms with Crippen molar-refractivity contribution in [2.24, 2.45) is 11.1 Å². The number of nitrogens with two attached hydrogens (primary N) is 1. The van der Waals surface area contributed by atoms with Crippen molar-refractivity contribution in [3.63, 3.8) is 0 Å². The Balaban J connectivity index is 0.00000192. The van der Waals surface area contributed by atoms with Gasteiger partial charge in [-0.3, -0.25) is 4.79 Å². The molecule has 1 amide bonds. The van der Waals surface area contributed by atoms with E-state index in [1.54, 1.807) is 12.4 Å². The molecule has 1 aliphatic rings. The highest BCUT2D eigenvalue weighted by Gasteiger charge is 2.38. The van der Waals surface area contributed by atoms with Gasteiger partial charge in [-0.2, -0.15) is 15.0 Å². The van der Waals surface area contributed by atoms with Gasteiger partial charge in [-0.15, -0.1) is 12.4 Å². The first-order valence-corrected chi connectivity index (χ1v) is 7.30. The first-order valence-electron chi connectivity index (χ1n) is 7.30. The van der Waals surface area contributed by atoms with Crippen LogP contribution >= 0.6 is 12.4 Å². The SMILES string of the molecule is Cl.NCC1(C(=O)Nc2ccc(-n3nccn3)cc2)CCOCC1. The van der Waals surface area contributed by atoms with E-state index in [0.717, 1.165) is 11.4 Å². The molecule has 2 heterocycles. The quantitative estimate of drug-likeness (QED) is 0.879. The van der Waals surface area contributed by atoms with Gasteiger partial charge in [0, 0.05) is 25.4 Å². The molecule has 3 N–H and O–H groups in total. The maximum Gasteiger partial charge on any atom is 0.232 e. The lowest BCUT2D eigenvalue weighted by Crippen LogP contribution is -2.46. The van der Waals surface area contributed by atoms with Crippen LogP contribution in [0, 0.1) is 5.41 Å². The number of benzene rings is 1. The van der Waals surface area contributed by atoms with Crippen molar-refractivity contribution in [3.8, 4) is 5.69 Å². The Hall–Kier alpha value is -1.96. The summed E-state index contributed by atoms with van der Waals surface area (Å²) in [6, 6.07) is 7.38. The van der Waals surface area contributed by atoms with Crippen molar-refractivity contribution < 1.29 is 9.53 Å². The number of hydrogen-bond acceptors (Lipinski definition) is 5. The third kappa shape index (κ3) is 3.69. The number of anilines is 1. The summed E-state index contributed by atoms with van der Waals surface area (Å²) in [6.45, 7) is 1.49. The molecular formula is C15H20ClN5O2. The molecule has 1 aromatic heterocycles. The summed E-state index contributed by atoms with van der Waals surface area (Å²) in [5.41, 5.74) is 6.89. The molecule has 1 saturated heterocycles. The number of rotatable bonds is 4. The number of nitrogens with one attached hydrogen (secondary N) is 1. The molecule has 0 radical (unpaired) electrons. The number of ether oxygens (including phenoxy) is 1. The van der Waals surface area contributed by atoms with Crippen molar-refractivity contribution in [1.29, 1.82) is 0 Å². The van der Waals surface area contributed by atoms with Crippen LogP contribution in [0.5, 0.6) is 0 Å². The summed E-state index contributed by atoms with van der Waals surface area (Å²) in [6.07, 6.45) is 4.55. The van der Waals surface area contributed by atoms with Crippen LogP contribution in [0.15, 0.2) is 36.7 Å². The minimum absolute atomic E-state index is 0. The van der Waals surface area contributed by atoms with E-state index < -0.39 is 5.41 Å². The van der Waals surface area contributed by atoms with Crippen LogP contribution in [0.3, 0.4) is 0 Å². The highest BCUT2D eigenvalue weighted by molar-refractivity contribution is 5.95. The van der Waals surface area contributed by atoms with E-state index in [2.05, 4.69) is 15.5 Å². The highest BCUT2D eigenvalue weighted by Crippen LogP contribution is 2.31. The van der Waals surface area contributed by atoms with Crippen LogP contribution in [-0.4, -0.2) is 40.7 Å². The number of nitrogens with zero attached hydrogens (tertiary/aromatic N) is 3. The van der Waals surface area contributed by atoms with Gasteiger partial charge in [-0.05, 0) is 37.1 Å². The van der Waals surface area contributed by atoms with Gasteiger partial charge >= 0.3 is 0 Å². The predicted molar refractivity (Wildman–Crippen MR) is 88.8 cm³/mol. The van der Waals surface area contributed by atoms with Gasteiger partial charge in [-0.1, -0.05) is 0 Å². The molecule has 0 atom stereocenters. The topological polar surface area (TPSA) is 95.1 Å². The summed E-state index contributed by atoms with van der Waals surface area (Å²) in [7, 11) is 0. The van der Waals surface area contributed by atoms with Crippen LogP contribution < -0.4 is 11.1 Å². The zero-order valence-corrected chi connectivity index (χ0v) is 13.5. The Labute approximate surface area is 140 Å². The molecule has 124 valence electrons. The fourth-order valence-corrected chi connectivity index (χ4v) is 2.58. The van der Waals surface area contributed by atoms with Crippen molar-refractivity contribution in [2.45, 2.75) is 12.8 Å². The lowest BCUT2D eigenvalue weighted by molar-refractivity contribution is -0.130. The third-order valence-electron chi connectivity index (χ3n) is 4.10. The molecule has 0 bridgehead atoms. The number of halogens is 1. The van der Waals surface area contributed by atoms with E-state index in [9.17, 15) is 4.79 Å². The normalized spacial score (nSPS) is 16.4. The zero-order valence-electron chi connectivity index (χ0n) is 12.6. The second kappa shape index (κ2) is 7.54. The summed E-state index contributed by atoms with van der Waals surface area (Å²) in [5, 5.41) is 11.1. The Kier molecular flexibility index (Phi) is 5.70. The van der Waals surface area contributed by atoms with Crippen molar-refractivity contribution >= 4 is 24.0 Å². The predicted octanol–water partition coefficient (Wildman–Crippen LogP) is 1.38. The molecule has 1 aliphatic heterocycles. The molecule has 8 heteroatoms. The van der Waals surface area contributed by atoms with Gasteiger partial charge in [0.15, 0.2) is 0 Å². The zero-order chi connectivity index (χ0) is 15.4. The van der Waals surface area contributed by atoms with Crippen LogP contribution in [0.4, 0.5) is 5.69 Å². The lowest BCUT2D eigenvalue weighted by Gasteiger charge is -2.34. The summed E-state index contributed by atoms with van der Waals surface area (Å²) in [5.74, 6) is -0.0386. The smallest absolute Gasteiger partial charge is 0.232 e. The Morgan fingerprint density at radius 1 is 1.22 bits per heavy atom. The summed E-state index contributed by atoms with van der Waals surface area (Å²) >= 11 is 0. The van der Waals surface area contributed by atoms with Gasteiger partial charge < -0.3 is 15.8 Å². The van der Waals surface area contributed by atoms with Gasteiger partial charge in [0.1, 0.15) is 0 Å². The van der Waals surface area contributed by atoms with E-state index in [4.69, 9.17) is 10.5 Å². The van der Waals surface area contributed by atoms with Gasteiger partial charge in [-0.25, -0.2) is 0 Å². The van der Waals surface area contributed by atoms with Crippen molar-refractivity contribution in [1.82, 2.24) is 15.0 Å².